The molecule has 5 nitrogen and oxygen atoms in total. The highest BCUT2D eigenvalue weighted by atomic mass is 32.2. The second kappa shape index (κ2) is 10.1. The molecular formula is C15H21NO4S. The first kappa shape index (κ1) is 17.4. The van der Waals surface area contributed by atoms with Crippen LogP contribution in [0.15, 0.2) is 24.3 Å². The average Bonchev–Trinajstić information content (AvgIpc) is 2.49. The number of amides is 1. The molecule has 116 valence electrons. The van der Waals surface area contributed by atoms with Gasteiger partial charge in [-0.3, -0.25) is 9.59 Å². The predicted molar refractivity (Wildman–Crippen MR) is 84.8 cm³/mol. The van der Waals surface area contributed by atoms with Crippen LogP contribution >= 0.6 is 11.8 Å². The number of benzene rings is 1. The van der Waals surface area contributed by atoms with E-state index < -0.39 is 0 Å². The molecule has 0 bridgehead atoms. The first-order valence-corrected chi connectivity index (χ1v) is 7.99. The van der Waals surface area contributed by atoms with Crippen molar-refractivity contribution in [3.05, 3.63) is 24.3 Å². The second-order valence-electron chi connectivity index (χ2n) is 4.21. The number of para-hydroxylation sites is 2. The molecule has 0 aliphatic carbocycles. The smallest absolute Gasteiger partial charge is 0.305 e. The fourth-order valence-electron chi connectivity index (χ4n) is 1.62. The molecule has 0 unspecified atom stereocenters. The van der Waals surface area contributed by atoms with Crippen molar-refractivity contribution in [3.8, 4) is 5.75 Å². The molecule has 6 heteroatoms. The zero-order valence-corrected chi connectivity index (χ0v) is 13.2. The van der Waals surface area contributed by atoms with Gasteiger partial charge in [-0.1, -0.05) is 12.1 Å². The minimum atomic E-state index is -0.217. The number of nitrogens with one attached hydrogen (secondary N) is 1. The van der Waals surface area contributed by atoms with Crippen molar-refractivity contribution < 1.29 is 19.1 Å². The van der Waals surface area contributed by atoms with Crippen molar-refractivity contribution in [3.63, 3.8) is 0 Å². The third kappa shape index (κ3) is 7.04. The van der Waals surface area contributed by atoms with Gasteiger partial charge in [0, 0.05) is 6.42 Å². The van der Waals surface area contributed by atoms with E-state index in [0.29, 0.717) is 36.6 Å². The molecule has 1 N–H and O–H groups in total. The first-order chi connectivity index (χ1) is 10.2. The summed E-state index contributed by atoms with van der Waals surface area (Å²) in [6.45, 7) is 2.45. The Bertz CT molecular complexity index is 465. The van der Waals surface area contributed by atoms with Crippen LogP contribution in [0.4, 0.5) is 5.69 Å². The Hall–Kier alpha value is -1.69. The minimum Gasteiger partial charge on any atom is -0.492 e. The van der Waals surface area contributed by atoms with E-state index in [1.807, 2.05) is 31.2 Å². The fourth-order valence-corrected chi connectivity index (χ4v) is 2.37. The molecule has 21 heavy (non-hydrogen) atoms. The number of ether oxygens (including phenoxy) is 2. The third-order valence-corrected chi connectivity index (χ3v) is 3.64. The van der Waals surface area contributed by atoms with Gasteiger partial charge in [-0.15, -0.1) is 0 Å². The molecule has 0 radical (unpaired) electrons. The zero-order valence-electron chi connectivity index (χ0n) is 12.4. The van der Waals surface area contributed by atoms with E-state index in [1.165, 1.54) is 18.9 Å². The number of thioether (sulfide) groups is 1. The summed E-state index contributed by atoms with van der Waals surface area (Å²) in [4.78, 5) is 22.8. The summed E-state index contributed by atoms with van der Waals surface area (Å²) in [6.07, 6.45) is 1.10. The summed E-state index contributed by atoms with van der Waals surface area (Å²) >= 11 is 1.49. The molecule has 1 amide bonds. The summed E-state index contributed by atoms with van der Waals surface area (Å²) in [5.41, 5.74) is 0.680. The summed E-state index contributed by atoms with van der Waals surface area (Å²) < 4.78 is 10.00. The van der Waals surface area contributed by atoms with Crippen molar-refractivity contribution in [2.24, 2.45) is 0 Å². The number of carbonyl (C=O) groups is 2. The lowest BCUT2D eigenvalue weighted by atomic mass is 10.3. The van der Waals surface area contributed by atoms with E-state index in [1.54, 1.807) is 0 Å². The molecule has 0 aromatic heterocycles. The number of carbonyl (C=O) groups excluding carboxylic acids is 2. The minimum absolute atomic E-state index is 0.0785. The Balaban J connectivity index is 2.29. The van der Waals surface area contributed by atoms with Crippen LogP contribution in [-0.2, 0) is 14.3 Å². The van der Waals surface area contributed by atoms with E-state index in [4.69, 9.17) is 4.74 Å². The quantitative estimate of drug-likeness (QED) is 0.561. The Morgan fingerprint density at radius 3 is 2.76 bits per heavy atom. The van der Waals surface area contributed by atoms with Crippen LogP contribution in [0.1, 0.15) is 19.8 Å². The molecule has 1 rings (SSSR count). The van der Waals surface area contributed by atoms with E-state index in [2.05, 4.69) is 10.1 Å². The lowest BCUT2D eigenvalue weighted by Gasteiger charge is -2.11. The summed E-state index contributed by atoms with van der Waals surface area (Å²) in [7, 11) is 1.37. The maximum Gasteiger partial charge on any atom is 0.305 e. The number of methoxy groups -OCH3 is 1. The molecule has 0 aliphatic heterocycles. The molecule has 0 saturated carbocycles. The van der Waals surface area contributed by atoms with Crippen LogP contribution in [0.2, 0.25) is 0 Å². The SMILES string of the molecule is CCOc1ccccc1NC(=O)CSCCCC(=O)OC. The van der Waals surface area contributed by atoms with Crippen molar-refractivity contribution >= 4 is 29.3 Å². The van der Waals surface area contributed by atoms with Crippen LogP contribution in [0, 0.1) is 0 Å². The lowest BCUT2D eigenvalue weighted by Crippen LogP contribution is -2.15. The molecule has 1 aromatic rings. The van der Waals surface area contributed by atoms with Gasteiger partial charge in [0.25, 0.3) is 0 Å². The van der Waals surface area contributed by atoms with E-state index in [-0.39, 0.29) is 11.9 Å². The van der Waals surface area contributed by atoms with Crippen LogP contribution < -0.4 is 10.1 Å². The fraction of sp³-hybridized carbons (Fsp3) is 0.467. The van der Waals surface area contributed by atoms with E-state index in [9.17, 15) is 9.59 Å². The summed E-state index contributed by atoms with van der Waals surface area (Å²) in [5.74, 6) is 1.47. The predicted octanol–water partition coefficient (Wildman–Crippen LogP) is 2.71. The van der Waals surface area contributed by atoms with Crippen LogP contribution in [0.3, 0.4) is 0 Å². The van der Waals surface area contributed by atoms with E-state index in [0.717, 1.165) is 5.75 Å². The highest BCUT2D eigenvalue weighted by Crippen LogP contribution is 2.23. The maximum absolute atomic E-state index is 11.8. The number of hydrogen-bond donors (Lipinski definition) is 1. The van der Waals surface area contributed by atoms with Gasteiger partial charge in [0.1, 0.15) is 5.75 Å². The number of hydrogen-bond acceptors (Lipinski definition) is 5. The Labute approximate surface area is 129 Å². The van der Waals surface area contributed by atoms with Crippen LogP contribution in [0.5, 0.6) is 5.75 Å². The highest BCUT2D eigenvalue weighted by molar-refractivity contribution is 7.99. The van der Waals surface area contributed by atoms with Crippen molar-refractivity contribution in [1.29, 1.82) is 0 Å². The lowest BCUT2D eigenvalue weighted by molar-refractivity contribution is -0.140. The van der Waals surface area contributed by atoms with Gasteiger partial charge < -0.3 is 14.8 Å². The topological polar surface area (TPSA) is 64.6 Å². The van der Waals surface area contributed by atoms with Crippen molar-refractivity contribution in [1.82, 2.24) is 0 Å². The van der Waals surface area contributed by atoms with Crippen LogP contribution in [-0.4, -0.2) is 37.1 Å². The Morgan fingerprint density at radius 2 is 2.05 bits per heavy atom. The van der Waals surface area contributed by atoms with Gasteiger partial charge in [-0.05, 0) is 31.2 Å². The maximum atomic E-state index is 11.8. The summed E-state index contributed by atoms with van der Waals surface area (Å²) in [6, 6.07) is 7.34. The third-order valence-electron chi connectivity index (χ3n) is 2.59. The zero-order chi connectivity index (χ0) is 15.5. The molecule has 0 atom stereocenters. The molecule has 0 heterocycles. The average molecular weight is 311 g/mol. The number of rotatable bonds is 9. The monoisotopic (exact) mass is 311 g/mol. The summed E-state index contributed by atoms with van der Waals surface area (Å²) in [5, 5.41) is 2.83. The van der Waals surface area contributed by atoms with Gasteiger partial charge in [0.2, 0.25) is 5.91 Å². The van der Waals surface area contributed by atoms with Gasteiger partial charge in [0.05, 0.1) is 25.2 Å². The van der Waals surface area contributed by atoms with Gasteiger partial charge in [-0.25, -0.2) is 0 Å². The molecule has 0 saturated heterocycles. The van der Waals surface area contributed by atoms with Gasteiger partial charge in [0.15, 0.2) is 0 Å². The van der Waals surface area contributed by atoms with Gasteiger partial charge in [-0.2, -0.15) is 11.8 Å². The molecule has 0 fully saturated rings. The number of esters is 1. The molecular weight excluding hydrogens is 290 g/mol. The van der Waals surface area contributed by atoms with E-state index >= 15 is 0 Å². The number of anilines is 1. The Morgan fingerprint density at radius 1 is 1.29 bits per heavy atom. The van der Waals surface area contributed by atoms with Crippen molar-refractivity contribution in [2.45, 2.75) is 19.8 Å². The molecule has 1 aromatic carbocycles. The van der Waals surface area contributed by atoms with Gasteiger partial charge >= 0.3 is 5.97 Å². The second-order valence-corrected chi connectivity index (χ2v) is 5.31. The standard InChI is InChI=1S/C15H21NO4S/c1-3-20-13-8-5-4-7-12(13)16-14(17)11-21-10-6-9-15(18)19-2/h4-5,7-8H,3,6,9-11H2,1-2H3,(H,16,17). The first-order valence-electron chi connectivity index (χ1n) is 6.83. The molecule has 0 aliphatic rings. The highest BCUT2D eigenvalue weighted by Gasteiger charge is 2.07. The van der Waals surface area contributed by atoms with Crippen LogP contribution in [0.25, 0.3) is 0 Å². The molecule has 0 spiro atoms. The normalized spacial score (nSPS) is 10.0. The largest absolute Gasteiger partial charge is 0.492 e. The van der Waals surface area contributed by atoms with Crippen molar-refractivity contribution in [2.75, 3.05) is 30.5 Å². The Kier molecular flexibility index (Phi) is 8.35.